The zero-order valence-corrected chi connectivity index (χ0v) is 30.4. The fourth-order valence-electron chi connectivity index (χ4n) is 7.33. The molecule has 0 radical (unpaired) electrons. The average Bonchev–Trinajstić information content (AvgIpc) is 3.15. The van der Waals surface area contributed by atoms with Crippen molar-refractivity contribution in [1.82, 2.24) is 23.7 Å². The molecule has 2 amide bonds. The number of amides is 2. The molecule has 4 aromatic carbocycles. The number of anilines is 1. The fraction of sp³-hybridized carbons (Fsp3) is 0.308. The molecule has 15 nitrogen and oxygen atoms in total. The summed E-state index contributed by atoms with van der Waals surface area (Å²) in [6, 6.07) is 15.9. The monoisotopic (exact) mass is 733 g/mol. The van der Waals surface area contributed by atoms with Gasteiger partial charge in [-0.2, -0.15) is 0 Å². The van der Waals surface area contributed by atoms with Crippen molar-refractivity contribution in [3.05, 3.63) is 113 Å². The standard InChI is InChI=1S/C39H39N7O8/c1-41(2)18-19-44-37(49)27-11-12-30(33-34(27)45(39(44)51)31-13-10-25(54-4)22-28(31)35(33)47)40-14-6-15-42(3)16-7-17-43-36(48)26-9-5-8-23-20-24(46(52)53)21-29(32(23)26)38(43)50/h5,8-13,20-22,40H,6-7,14-19H2,1-4H3. The van der Waals surface area contributed by atoms with E-state index in [1.54, 1.807) is 48.5 Å². The summed E-state index contributed by atoms with van der Waals surface area (Å²) < 4.78 is 8.05. The number of hydrogen-bond acceptors (Lipinski definition) is 11. The molecule has 6 aromatic rings. The highest BCUT2D eigenvalue weighted by atomic mass is 16.6. The molecule has 15 heteroatoms. The van der Waals surface area contributed by atoms with Crippen LogP contribution in [0.4, 0.5) is 11.4 Å². The highest BCUT2D eigenvalue weighted by Crippen LogP contribution is 2.34. The minimum absolute atomic E-state index is 0.145. The molecule has 1 aliphatic rings. The molecule has 7 rings (SSSR count). The summed E-state index contributed by atoms with van der Waals surface area (Å²) in [5.41, 5.74) is 0.135. The number of methoxy groups -OCH3 is 1. The SMILES string of the molecule is COc1ccc2c(c1)c(=O)c1c(NCCCN(C)CCCN3C(=O)c4cccc5cc([N+](=O)[O-])cc(c45)C3=O)ccc3c(=O)n(CCN(C)C)c(=O)n2c31. The first-order valence-corrected chi connectivity index (χ1v) is 17.6. The van der Waals surface area contributed by atoms with Crippen LogP contribution in [0.1, 0.15) is 33.6 Å². The van der Waals surface area contributed by atoms with Crippen molar-refractivity contribution in [2.24, 2.45) is 0 Å². The number of carbonyl (C=O) groups is 2. The molecule has 54 heavy (non-hydrogen) atoms. The van der Waals surface area contributed by atoms with E-state index in [9.17, 15) is 34.1 Å². The maximum atomic E-state index is 14.1. The second-order valence-electron chi connectivity index (χ2n) is 13.8. The van der Waals surface area contributed by atoms with Gasteiger partial charge in [-0.3, -0.25) is 43.2 Å². The van der Waals surface area contributed by atoms with Crippen molar-refractivity contribution >= 4 is 61.2 Å². The van der Waals surface area contributed by atoms with E-state index in [-0.39, 0.29) is 46.1 Å². The quantitative estimate of drug-likeness (QED) is 0.0434. The van der Waals surface area contributed by atoms with Crippen molar-refractivity contribution in [2.45, 2.75) is 19.4 Å². The molecule has 1 aliphatic heterocycles. The number of nitro benzene ring substituents is 1. The summed E-state index contributed by atoms with van der Waals surface area (Å²) in [6.45, 7) is 2.47. The van der Waals surface area contributed by atoms with Crippen LogP contribution in [-0.2, 0) is 6.54 Å². The van der Waals surface area contributed by atoms with E-state index in [1.165, 1.54) is 28.2 Å². The number of nitrogens with zero attached hydrogens (tertiary/aromatic N) is 6. The molecule has 0 aliphatic carbocycles. The Bertz CT molecular complexity index is 2690. The van der Waals surface area contributed by atoms with Crippen LogP contribution in [0.3, 0.4) is 0 Å². The van der Waals surface area contributed by atoms with Crippen molar-refractivity contribution < 1.29 is 19.2 Å². The summed E-state index contributed by atoms with van der Waals surface area (Å²) in [6.07, 6.45) is 1.14. The summed E-state index contributed by atoms with van der Waals surface area (Å²) in [5.74, 6) is -0.511. The van der Waals surface area contributed by atoms with Gasteiger partial charge in [-0.1, -0.05) is 12.1 Å². The number of pyridine rings is 1. The van der Waals surface area contributed by atoms with Gasteiger partial charge in [0.25, 0.3) is 23.1 Å². The first kappa shape index (κ1) is 36.2. The van der Waals surface area contributed by atoms with Gasteiger partial charge < -0.3 is 19.9 Å². The fourth-order valence-corrected chi connectivity index (χ4v) is 7.33. The Labute approximate surface area is 308 Å². The molecule has 1 N–H and O–H groups in total. The number of carbonyl (C=O) groups excluding carboxylic acids is 2. The van der Waals surface area contributed by atoms with Gasteiger partial charge >= 0.3 is 5.69 Å². The number of aromatic nitrogens is 2. The van der Waals surface area contributed by atoms with Gasteiger partial charge in [0.2, 0.25) is 0 Å². The first-order chi connectivity index (χ1) is 25.9. The Morgan fingerprint density at radius 1 is 0.815 bits per heavy atom. The highest BCUT2D eigenvalue weighted by Gasteiger charge is 2.34. The second kappa shape index (κ2) is 14.3. The first-order valence-electron chi connectivity index (χ1n) is 17.6. The van der Waals surface area contributed by atoms with E-state index in [0.717, 1.165) is 4.90 Å². The van der Waals surface area contributed by atoms with Crippen molar-refractivity contribution in [1.29, 1.82) is 0 Å². The third-order valence-corrected chi connectivity index (χ3v) is 10.1. The number of non-ortho nitro benzene ring substituents is 1. The van der Waals surface area contributed by atoms with Crippen LogP contribution in [0.5, 0.6) is 5.75 Å². The molecular weight excluding hydrogens is 694 g/mol. The van der Waals surface area contributed by atoms with E-state index >= 15 is 0 Å². The van der Waals surface area contributed by atoms with Crippen LogP contribution < -0.4 is 26.7 Å². The number of fused-ring (bicyclic) bond motifs is 2. The third kappa shape index (κ3) is 6.20. The van der Waals surface area contributed by atoms with Crippen LogP contribution in [0.25, 0.3) is 38.0 Å². The minimum Gasteiger partial charge on any atom is -0.497 e. The van der Waals surface area contributed by atoms with Crippen molar-refractivity contribution in [2.75, 3.05) is 66.3 Å². The molecule has 0 bridgehead atoms. The lowest BCUT2D eigenvalue weighted by atomic mass is 9.93. The van der Waals surface area contributed by atoms with E-state index in [2.05, 4.69) is 10.2 Å². The molecular formula is C39H39N7O8. The lowest BCUT2D eigenvalue weighted by Crippen LogP contribution is -2.41. The topological polar surface area (TPSA) is 169 Å². The summed E-state index contributed by atoms with van der Waals surface area (Å²) in [7, 11) is 7.15. The van der Waals surface area contributed by atoms with Crippen LogP contribution >= 0.6 is 0 Å². The number of nitro groups is 1. The van der Waals surface area contributed by atoms with E-state index in [1.807, 2.05) is 26.0 Å². The van der Waals surface area contributed by atoms with Gasteiger partial charge in [-0.05, 0) is 88.9 Å². The van der Waals surface area contributed by atoms with Crippen LogP contribution in [0, 0.1) is 10.1 Å². The summed E-state index contributed by atoms with van der Waals surface area (Å²) >= 11 is 0. The molecule has 3 heterocycles. The number of hydrogen-bond donors (Lipinski definition) is 1. The van der Waals surface area contributed by atoms with E-state index in [0.29, 0.717) is 77.7 Å². The lowest BCUT2D eigenvalue weighted by Gasteiger charge is -2.27. The smallest absolute Gasteiger partial charge is 0.336 e. The molecule has 0 unspecified atom stereocenters. The number of benzene rings is 4. The predicted molar refractivity (Wildman–Crippen MR) is 207 cm³/mol. The lowest BCUT2D eigenvalue weighted by molar-refractivity contribution is -0.384. The average molecular weight is 734 g/mol. The van der Waals surface area contributed by atoms with Crippen molar-refractivity contribution in [3.63, 3.8) is 0 Å². The third-order valence-electron chi connectivity index (χ3n) is 10.1. The number of likely N-dealkylation sites (N-methyl/N-ethyl adjacent to an activating group) is 1. The van der Waals surface area contributed by atoms with Crippen LogP contribution in [-0.4, -0.2) is 101 Å². The van der Waals surface area contributed by atoms with Crippen LogP contribution in [0.2, 0.25) is 0 Å². The van der Waals surface area contributed by atoms with E-state index < -0.39 is 28.0 Å². The molecule has 0 fully saturated rings. The number of rotatable bonds is 14. The Morgan fingerprint density at radius 2 is 1.57 bits per heavy atom. The molecule has 2 aromatic heterocycles. The van der Waals surface area contributed by atoms with E-state index in [4.69, 9.17) is 4.74 Å². The zero-order valence-electron chi connectivity index (χ0n) is 30.4. The Balaban J connectivity index is 1.06. The van der Waals surface area contributed by atoms with Gasteiger partial charge in [0.15, 0.2) is 5.43 Å². The highest BCUT2D eigenvalue weighted by molar-refractivity contribution is 6.25. The van der Waals surface area contributed by atoms with Gasteiger partial charge in [0.1, 0.15) is 5.75 Å². The number of imide groups is 1. The van der Waals surface area contributed by atoms with Gasteiger partial charge in [0, 0.05) is 54.9 Å². The second-order valence-corrected chi connectivity index (χ2v) is 13.8. The molecule has 0 spiro atoms. The molecule has 0 saturated carbocycles. The maximum Gasteiger partial charge on any atom is 0.336 e. The number of ether oxygens (including phenoxy) is 1. The van der Waals surface area contributed by atoms with Gasteiger partial charge in [-0.25, -0.2) is 4.79 Å². The Hall–Kier alpha value is -6.19. The Morgan fingerprint density at radius 3 is 2.31 bits per heavy atom. The molecule has 0 saturated heterocycles. The predicted octanol–water partition coefficient (Wildman–Crippen LogP) is 3.62. The Kier molecular flexibility index (Phi) is 9.60. The summed E-state index contributed by atoms with van der Waals surface area (Å²) in [5, 5.41) is 16.6. The number of nitrogens with one attached hydrogen (secondary N) is 1. The maximum absolute atomic E-state index is 14.1. The van der Waals surface area contributed by atoms with Gasteiger partial charge in [0.05, 0.1) is 44.8 Å². The molecule has 278 valence electrons. The van der Waals surface area contributed by atoms with Crippen LogP contribution in [0.15, 0.2) is 75.0 Å². The zero-order chi connectivity index (χ0) is 38.4. The largest absolute Gasteiger partial charge is 0.497 e. The summed E-state index contributed by atoms with van der Waals surface area (Å²) in [4.78, 5) is 84.5. The minimum atomic E-state index is -0.549. The normalized spacial score (nSPS) is 13.0. The molecule has 0 atom stereocenters. The van der Waals surface area contributed by atoms with Gasteiger partial charge in [-0.15, -0.1) is 0 Å². The van der Waals surface area contributed by atoms with Crippen molar-refractivity contribution in [3.8, 4) is 5.75 Å².